The van der Waals surface area contributed by atoms with Crippen molar-refractivity contribution >= 4 is 22.9 Å². The zero-order valence-corrected chi connectivity index (χ0v) is 10.8. The second-order valence-electron chi connectivity index (χ2n) is 3.25. The van der Waals surface area contributed by atoms with E-state index in [2.05, 4.69) is 38.9 Å². The fourth-order valence-electron chi connectivity index (χ4n) is 1.39. The third-order valence-electron chi connectivity index (χ3n) is 2.18. The van der Waals surface area contributed by atoms with Crippen molar-refractivity contribution in [1.29, 1.82) is 0 Å². The Kier molecular flexibility index (Phi) is 3.92. The predicted octanol–water partition coefficient (Wildman–Crippen LogP) is 2.12. The molecule has 0 saturated carbocycles. The Morgan fingerprint density at radius 2 is 2.19 bits per heavy atom. The number of aromatic nitrogens is 4. The molecule has 0 fully saturated rings. The maximum atomic E-state index is 4.20. The maximum absolute atomic E-state index is 4.20. The first kappa shape index (κ1) is 11.6. The van der Waals surface area contributed by atoms with Crippen LogP contribution in [0, 0.1) is 0 Å². The molecule has 0 aliphatic heterocycles. The Hall–Kier alpha value is -0.920. The summed E-state index contributed by atoms with van der Waals surface area (Å²) in [6, 6.07) is 0.294. The van der Waals surface area contributed by atoms with Crippen molar-refractivity contribution in [2.75, 3.05) is 6.54 Å². The highest BCUT2D eigenvalue weighted by Gasteiger charge is 2.15. The summed E-state index contributed by atoms with van der Waals surface area (Å²) in [6.45, 7) is 5.17. The van der Waals surface area contributed by atoms with Gasteiger partial charge < -0.3 is 5.32 Å². The van der Waals surface area contributed by atoms with Crippen LogP contribution in [0.5, 0.6) is 0 Å². The van der Waals surface area contributed by atoms with E-state index in [4.69, 9.17) is 0 Å². The lowest BCUT2D eigenvalue weighted by molar-refractivity contribution is 0.531. The molecular weight excluding hydrogens is 242 g/mol. The highest BCUT2D eigenvalue weighted by Crippen LogP contribution is 2.26. The fraction of sp³-hybridized carbons (Fsp3) is 0.556. The minimum atomic E-state index is 0.294. The van der Waals surface area contributed by atoms with Crippen molar-refractivity contribution in [1.82, 2.24) is 25.1 Å². The van der Waals surface area contributed by atoms with E-state index in [1.807, 2.05) is 5.38 Å². The number of nitrogens with one attached hydrogen (secondary N) is 1. The van der Waals surface area contributed by atoms with Gasteiger partial charge in [-0.2, -0.15) is 0 Å². The van der Waals surface area contributed by atoms with Crippen molar-refractivity contribution in [3.05, 3.63) is 10.4 Å². The standard InChI is InChI=1S/C9H13N5S2/c1-3-6(10-4-2)8-12-13-9(16-8)7-5-15-14-11-7/h5-6,10H,3-4H2,1-2H3. The van der Waals surface area contributed by atoms with Crippen LogP contribution in [-0.2, 0) is 0 Å². The van der Waals surface area contributed by atoms with Crippen LogP contribution in [0.1, 0.15) is 31.3 Å². The fourth-order valence-corrected chi connectivity index (χ4v) is 2.86. The van der Waals surface area contributed by atoms with Crippen LogP contribution in [-0.4, -0.2) is 26.3 Å². The Balaban J connectivity index is 2.18. The van der Waals surface area contributed by atoms with Crippen LogP contribution in [0.4, 0.5) is 0 Å². The van der Waals surface area contributed by atoms with Gasteiger partial charge in [0.05, 0.1) is 6.04 Å². The van der Waals surface area contributed by atoms with Gasteiger partial charge in [0.2, 0.25) is 0 Å². The van der Waals surface area contributed by atoms with Crippen LogP contribution < -0.4 is 5.32 Å². The van der Waals surface area contributed by atoms with Crippen LogP contribution in [0.15, 0.2) is 5.38 Å². The van der Waals surface area contributed by atoms with Crippen LogP contribution in [0.2, 0.25) is 0 Å². The minimum absolute atomic E-state index is 0.294. The molecule has 0 aliphatic carbocycles. The average molecular weight is 255 g/mol. The van der Waals surface area contributed by atoms with E-state index in [0.717, 1.165) is 28.7 Å². The number of rotatable bonds is 5. The summed E-state index contributed by atoms with van der Waals surface area (Å²) in [5.74, 6) is 0. The Morgan fingerprint density at radius 1 is 1.31 bits per heavy atom. The van der Waals surface area contributed by atoms with Gasteiger partial charge in [-0.25, -0.2) is 0 Å². The quantitative estimate of drug-likeness (QED) is 0.886. The van der Waals surface area contributed by atoms with Gasteiger partial charge in [-0.3, -0.25) is 0 Å². The van der Waals surface area contributed by atoms with Crippen LogP contribution in [0.3, 0.4) is 0 Å². The first-order valence-corrected chi connectivity index (χ1v) is 6.84. The lowest BCUT2D eigenvalue weighted by Gasteiger charge is -2.10. The molecule has 1 atom stereocenters. The van der Waals surface area contributed by atoms with E-state index < -0.39 is 0 Å². The monoisotopic (exact) mass is 255 g/mol. The largest absolute Gasteiger partial charge is 0.308 e. The first-order chi connectivity index (χ1) is 7.85. The van der Waals surface area contributed by atoms with Gasteiger partial charge in [0, 0.05) is 5.38 Å². The molecule has 0 amide bonds. The number of hydrogen-bond acceptors (Lipinski definition) is 7. The molecule has 0 radical (unpaired) electrons. The van der Waals surface area contributed by atoms with Gasteiger partial charge in [-0.05, 0) is 24.5 Å². The van der Waals surface area contributed by atoms with Crippen LogP contribution in [0.25, 0.3) is 10.7 Å². The summed E-state index contributed by atoms with van der Waals surface area (Å²) in [5.41, 5.74) is 0.820. The Morgan fingerprint density at radius 3 is 2.81 bits per heavy atom. The molecule has 0 saturated heterocycles. The molecule has 1 unspecified atom stereocenters. The van der Waals surface area contributed by atoms with Gasteiger partial charge in [0.25, 0.3) is 0 Å². The molecule has 7 heteroatoms. The highest BCUT2D eigenvalue weighted by molar-refractivity contribution is 7.15. The van der Waals surface area contributed by atoms with E-state index in [-0.39, 0.29) is 0 Å². The van der Waals surface area contributed by atoms with Crippen molar-refractivity contribution < 1.29 is 0 Å². The number of nitrogens with zero attached hydrogens (tertiary/aromatic N) is 4. The van der Waals surface area contributed by atoms with Gasteiger partial charge >= 0.3 is 0 Å². The van der Waals surface area contributed by atoms with Gasteiger partial charge in [0.15, 0.2) is 5.01 Å². The highest BCUT2D eigenvalue weighted by atomic mass is 32.1. The van der Waals surface area contributed by atoms with Crippen LogP contribution >= 0.6 is 22.9 Å². The molecule has 2 rings (SSSR count). The summed E-state index contributed by atoms with van der Waals surface area (Å²) < 4.78 is 3.82. The van der Waals surface area contributed by atoms with E-state index in [9.17, 15) is 0 Å². The molecule has 0 aromatic carbocycles. The molecule has 16 heavy (non-hydrogen) atoms. The summed E-state index contributed by atoms with van der Waals surface area (Å²) >= 11 is 2.91. The average Bonchev–Trinajstić information content (AvgIpc) is 2.95. The maximum Gasteiger partial charge on any atom is 0.169 e. The smallest absolute Gasteiger partial charge is 0.169 e. The minimum Gasteiger partial charge on any atom is -0.308 e. The summed E-state index contributed by atoms with van der Waals surface area (Å²) in [5, 5.41) is 19.5. The topological polar surface area (TPSA) is 63.6 Å². The normalized spacial score (nSPS) is 12.9. The SMILES string of the molecule is CCNC(CC)c1nnc(-c2csnn2)s1. The van der Waals surface area contributed by atoms with Crippen molar-refractivity contribution in [3.63, 3.8) is 0 Å². The Labute approximate surface area is 102 Å². The van der Waals surface area contributed by atoms with Crippen molar-refractivity contribution in [2.24, 2.45) is 0 Å². The van der Waals surface area contributed by atoms with Gasteiger partial charge in [0.1, 0.15) is 10.7 Å². The van der Waals surface area contributed by atoms with E-state index in [0.29, 0.717) is 6.04 Å². The third kappa shape index (κ3) is 2.42. The first-order valence-electron chi connectivity index (χ1n) is 5.19. The molecule has 0 aliphatic rings. The molecule has 2 heterocycles. The lowest BCUT2D eigenvalue weighted by atomic mass is 10.2. The lowest BCUT2D eigenvalue weighted by Crippen LogP contribution is -2.19. The Bertz CT molecular complexity index is 425. The molecule has 0 bridgehead atoms. The van der Waals surface area contributed by atoms with Crippen molar-refractivity contribution in [3.8, 4) is 10.7 Å². The zero-order valence-electron chi connectivity index (χ0n) is 9.17. The summed E-state index contributed by atoms with van der Waals surface area (Å²) in [4.78, 5) is 0. The van der Waals surface area contributed by atoms with Gasteiger partial charge in [-0.1, -0.05) is 29.7 Å². The zero-order chi connectivity index (χ0) is 11.4. The van der Waals surface area contributed by atoms with E-state index >= 15 is 0 Å². The third-order valence-corrected chi connectivity index (χ3v) is 3.74. The predicted molar refractivity (Wildman–Crippen MR) is 65.5 cm³/mol. The summed E-state index contributed by atoms with van der Waals surface area (Å²) in [7, 11) is 0. The van der Waals surface area contributed by atoms with E-state index in [1.54, 1.807) is 11.3 Å². The molecular formula is C9H13N5S2. The molecule has 5 nitrogen and oxygen atoms in total. The summed E-state index contributed by atoms with van der Waals surface area (Å²) in [6.07, 6.45) is 1.01. The molecule has 0 spiro atoms. The number of hydrogen-bond donors (Lipinski definition) is 1. The second kappa shape index (κ2) is 5.42. The molecule has 2 aromatic rings. The van der Waals surface area contributed by atoms with Crippen molar-refractivity contribution in [2.45, 2.75) is 26.3 Å². The molecule has 1 N–H and O–H groups in total. The molecule has 2 aromatic heterocycles. The molecule has 86 valence electrons. The van der Waals surface area contributed by atoms with Gasteiger partial charge in [-0.15, -0.1) is 15.3 Å². The second-order valence-corrected chi connectivity index (χ2v) is 4.87. The van der Waals surface area contributed by atoms with E-state index in [1.165, 1.54) is 11.5 Å².